The molecule has 0 aromatic carbocycles. The molecule has 2 fully saturated rings. The predicted molar refractivity (Wildman–Crippen MR) is 64.9 cm³/mol. The molecule has 1 aliphatic carbocycles. The summed E-state index contributed by atoms with van der Waals surface area (Å²) in [6, 6.07) is 0.471. The van der Waals surface area contributed by atoms with Crippen LogP contribution in [0.5, 0.6) is 0 Å². The van der Waals surface area contributed by atoms with Crippen LogP contribution >= 0.6 is 0 Å². The zero-order valence-electron chi connectivity index (χ0n) is 10.9. The highest BCUT2D eigenvalue weighted by Crippen LogP contribution is 2.40. The summed E-state index contributed by atoms with van der Waals surface area (Å²) < 4.78 is 0. The van der Waals surface area contributed by atoms with E-state index in [9.17, 15) is 4.79 Å². The predicted octanol–water partition coefficient (Wildman–Crippen LogP) is 2.12. The first kappa shape index (κ1) is 11.9. The van der Waals surface area contributed by atoms with Gasteiger partial charge in [-0.05, 0) is 38.0 Å². The second-order valence-corrected chi connectivity index (χ2v) is 6.12. The Bertz CT molecular complexity index is 288. The lowest BCUT2D eigenvalue weighted by Crippen LogP contribution is -2.43. The van der Waals surface area contributed by atoms with Gasteiger partial charge in [-0.1, -0.05) is 20.8 Å². The summed E-state index contributed by atoms with van der Waals surface area (Å²) in [5.41, 5.74) is 0.412. The smallest absolute Gasteiger partial charge is 0.240 e. The number of carbonyl (C=O) groups is 1. The summed E-state index contributed by atoms with van der Waals surface area (Å²) in [5, 5.41) is 3.38. The van der Waals surface area contributed by atoms with Gasteiger partial charge in [-0.15, -0.1) is 0 Å². The Morgan fingerprint density at radius 3 is 2.69 bits per heavy atom. The van der Waals surface area contributed by atoms with Crippen molar-refractivity contribution in [2.24, 2.45) is 5.41 Å². The number of nitrogens with zero attached hydrogens (tertiary/aromatic N) is 1. The Morgan fingerprint density at radius 2 is 2.19 bits per heavy atom. The molecule has 3 heteroatoms. The molecular weight excluding hydrogens is 200 g/mol. The Kier molecular flexibility index (Phi) is 2.99. The number of rotatable bonds is 2. The molecule has 3 atom stereocenters. The molecule has 1 aliphatic heterocycles. The van der Waals surface area contributed by atoms with Gasteiger partial charge in [0.1, 0.15) is 0 Å². The first-order valence-electron chi connectivity index (χ1n) is 6.53. The van der Waals surface area contributed by atoms with Crippen LogP contribution in [-0.2, 0) is 4.79 Å². The third-order valence-electron chi connectivity index (χ3n) is 4.13. The summed E-state index contributed by atoms with van der Waals surface area (Å²) in [6.07, 6.45) is 4.84. The van der Waals surface area contributed by atoms with E-state index >= 15 is 0 Å². The van der Waals surface area contributed by atoms with Gasteiger partial charge in [0, 0.05) is 6.04 Å². The lowest BCUT2D eigenvalue weighted by molar-refractivity contribution is -0.132. The zero-order chi connectivity index (χ0) is 11.9. The van der Waals surface area contributed by atoms with E-state index in [4.69, 9.17) is 0 Å². The van der Waals surface area contributed by atoms with E-state index in [-0.39, 0.29) is 12.2 Å². The summed E-state index contributed by atoms with van der Waals surface area (Å²) >= 11 is 0. The second-order valence-electron chi connectivity index (χ2n) is 6.12. The van der Waals surface area contributed by atoms with Crippen molar-refractivity contribution in [3.8, 4) is 0 Å². The first-order chi connectivity index (χ1) is 7.44. The van der Waals surface area contributed by atoms with Gasteiger partial charge in [0.2, 0.25) is 5.91 Å². The van der Waals surface area contributed by atoms with Crippen molar-refractivity contribution >= 4 is 5.91 Å². The van der Waals surface area contributed by atoms with Crippen molar-refractivity contribution in [2.75, 3.05) is 0 Å². The molecule has 1 amide bonds. The highest BCUT2D eigenvalue weighted by molar-refractivity contribution is 5.84. The van der Waals surface area contributed by atoms with Crippen molar-refractivity contribution in [3.05, 3.63) is 0 Å². The molecule has 0 spiro atoms. The first-order valence-corrected chi connectivity index (χ1v) is 6.53. The van der Waals surface area contributed by atoms with Gasteiger partial charge in [0.05, 0.1) is 12.2 Å². The Morgan fingerprint density at radius 1 is 1.50 bits per heavy atom. The summed E-state index contributed by atoms with van der Waals surface area (Å²) in [4.78, 5) is 14.3. The van der Waals surface area contributed by atoms with Crippen molar-refractivity contribution in [1.82, 2.24) is 10.2 Å². The molecule has 0 aromatic rings. The summed E-state index contributed by atoms with van der Waals surface area (Å²) in [6.45, 7) is 8.75. The summed E-state index contributed by atoms with van der Waals surface area (Å²) in [5.74, 6) is 0.301. The zero-order valence-corrected chi connectivity index (χ0v) is 10.9. The van der Waals surface area contributed by atoms with E-state index in [1.807, 2.05) is 6.92 Å². The van der Waals surface area contributed by atoms with Gasteiger partial charge >= 0.3 is 0 Å². The normalized spacial score (nSPS) is 38.4. The number of carbonyl (C=O) groups excluding carboxylic acids is 1. The number of amides is 1. The van der Waals surface area contributed by atoms with Gasteiger partial charge in [0.15, 0.2) is 0 Å². The third kappa shape index (κ3) is 1.97. The van der Waals surface area contributed by atoms with Crippen molar-refractivity contribution in [1.29, 1.82) is 0 Å². The molecule has 0 radical (unpaired) electrons. The highest BCUT2D eigenvalue weighted by atomic mass is 16.2. The fourth-order valence-corrected chi connectivity index (χ4v) is 3.20. The molecule has 2 aliphatic rings. The molecule has 2 rings (SSSR count). The average Bonchev–Trinajstić information content (AvgIpc) is 2.69. The highest BCUT2D eigenvalue weighted by Gasteiger charge is 2.43. The van der Waals surface area contributed by atoms with Crippen molar-refractivity contribution in [2.45, 2.75) is 71.6 Å². The maximum Gasteiger partial charge on any atom is 0.240 e. The average molecular weight is 224 g/mol. The standard InChI is InChI=1S/C13H24N2O/c1-5-11-14-9(2)12(16)15(11)10-6-7-13(3,4)8-10/h9-11,14H,5-8H2,1-4H3. The SMILES string of the molecule is CCC1NC(C)C(=O)N1C1CCC(C)(C)C1. The van der Waals surface area contributed by atoms with Crippen LogP contribution < -0.4 is 5.32 Å². The van der Waals surface area contributed by atoms with E-state index in [1.165, 1.54) is 12.8 Å². The molecule has 1 saturated carbocycles. The lowest BCUT2D eigenvalue weighted by Gasteiger charge is -2.30. The third-order valence-corrected chi connectivity index (χ3v) is 4.13. The minimum atomic E-state index is 0.00802. The minimum Gasteiger partial charge on any atom is -0.323 e. The van der Waals surface area contributed by atoms with Crippen molar-refractivity contribution < 1.29 is 4.79 Å². The van der Waals surface area contributed by atoms with Gasteiger partial charge in [-0.3, -0.25) is 10.1 Å². The largest absolute Gasteiger partial charge is 0.323 e. The van der Waals surface area contributed by atoms with Crippen LogP contribution in [0, 0.1) is 5.41 Å². The number of nitrogens with one attached hydrogen (secondary N) is 1. The molecule has 16 heavy (non-hydrogen) atoms. The van der Waals surface area contributed by atoms with Crippen LogP contribution in [-0.4, -0.2) is 29.1 Å². The summed E-state index contributed by atoms with van der Waals surface area (Å²) in [7, 11) is 0. The van der Waals surface area contributed by atoms with Crippen LogP contribution in [0.25, 0.3) is 0 Å². The van der Waals surface area contributed by atoms with Crippen LogP contribution in [0.1, 0.15) is 53.4 Å². The lowest BCUT2D eigenvalue weighted by atomic mass is 9.91. The molecule has 3 unspecified atom stereocenters. The minimum absolute atomic E-state index is 0.00802. The molecule has 1 heterocycles. The van der Waals surface area contributed by atoms with Gasteiger partial charge in [0.25, 0.3) is 0 Å². The molecule has 3 nitrogen and oxygen atoms in total. The van der Waals surface area contributed by atoms with Crippen LogP contribution in [0.2, 0.25) is 0 Å². The fourth-order valence-electron chi connectivity index (χ4n) is 3.20. The monoisotopic (exact) mass is 224 g/mol. The maximum atomic E-state index is 12.1. The molecule has 92 valence electrons. The van der Waals surface area contributed by atoms with E-state index in [2.05, 4.69) is 31.0 Å². The molecule has 0 aromatic heterocycles. The molecule has 1 saturated heterocycles. The molecular formula is C13H24N2O. The number of hydrogen-bond donors (Lipinski definition) is 1. The van der Waals surface area contributed by atoms with E-state index < -0.39 is 0 Å². The van der Waals surface area contributed by atoms with E-state index in [0.717, 1.165) is 12.8 Å². The second kappa shape index (κ2) is 4.02. The van der Waals surface area contributed by atoms with E-state index in [0.29, 0.717) is 17.4 Å². The molecule has 0 bridgehead atoms. The van der Waals surface area contributed by atoms with E-state index in [1.54, 1.807) is 0 Å². The maximum absolute atomic E-state index is 12.1. The van der Waals surface area contributed by atoms with Crippen molar-refractivity contribution in [3.63, 3.8) is 0 Å². The topological polar surface area (TPSA) is 32.3 Å². The molecule has 1 N–H and O–H groups in total. The van der Waals surface area contributed by atoms with Gasteiger partial charge in [-0.2, -0.15) is 0 Å². The fraction of sp³-hybridized carbons (Fsp3) is 0.923. The van der Waals surface area contributed by atoms with Gasteiger partial charge < -0.3 is 4.90 Å². The van der Waals surface area contributed by atoms with Crippen LogP contribution in [0.4, 0.5) is 0 Å². The van der Waals surface area contributed by atoms with Gasteiger partial charge in [-0.25, -0.2) is 0 Å². The quantitative estimate of drug-likeness (QED) is 0.779. The number of hydrogen-bond acceptors (Lipinski definition) is 2. The Labute approximate surface area is 98.6 Å². The Balaban J connectivity index is 2.11. The van der Waals surface area contributed by atoms with Crippen LogP contribution in [0.3, 0.4) is 0 Å². The Hall–Kier alpha value is -0.570. The van der Waals surface area contributed by atoms with Crippen LogP contribution in [0.15, 0.2) is 0 Å².